The van der Waals surface area contributed by atoms with Crippen LogP contribution < -0.4 is 0 Å². The van der Waals surface area contributed by atoms with Gasteiger partial charge in [0.25, 0.3) is 0 Å². The van der Waals surface area contributed by atoms with Crippen molar-refractivity contribution in [2.24, 2.45) is 0 Å². The summed E-state index contributed by atoms with van der Waals surface area (Å²) in [7, 11) is 2.13. The van der Waals surface area contributed by atoms with Gasteiger partial charge >= 0.3 is 0 Å². The fraction of sp³-hybridized carbons (Fsp3) is 0.538. The first-order valence-electron chi connectivity index (χ1n) is 5.51. The van der Waals surface area contributed by atoms with Gasteiger partial charge in [0.1, 0.15) is 0 Å². The number of nitrogens with zero attached hydrogens (tertiary/aromatic N) is 1. The summed E-state index contributed by atoms with van der Waals surface area (Å²) in [6.45, 7) is 4.48. The van der Waals surface area contributed by atoms with Gasteiger partial charge in [0, 0.05) is 18.9 Å². The monoisotopic (exact) mass is 189 g/mol. The molecule has 14 heavy (non-hydrogen) atoms. The van der Waals surface area contributed by atoms with Gasteiger partial charge < -0.3 is 4.90 Å². The molecule has 1 heterocycles. The molecular weight excluding hydrogens is 170 g/mol. The first kappa shape index (κ1) is 9.57. The van der Waals surface area contributed by atoms with Crippen LogP contribution in [0.5, 0.6) is 0 Å². The zero-order valence-corrected chi connectivity index (χ0v) is 9.43. The maximum atomic E-state index is 2.30. The molecule has 1 aliphatic carbocycles. The normalized spacial score (nSPS) is 22.6. The summed E-state index contributed by atoms with van der Waals surface area (Å²) >= 11 is 0. The summed E-state index contributed by atoms with van der Waals surface area (Å²) in [6.07, 6.45) is 9.77. The predicted octanol–water partition coefficient (Wildman–Crippen LogP) is 3.61. The second kappa shape index (κ2) is 3.64. The molecule has 0 fully saturated rings. The molecule has 0 radical (unpaired) electrons. The molecule has 0 N–H and O–H groups in total. The minimum absolute atomic E-state index is 1.27. The Hall–Kier alpha value is -0.980. The molecule has 1 aliphatic heterocycles. The van der Waals surface area contributed by atoms with Gasteiger partial charge in [-0.1, -0.05) is 0 Å². The first-order valence-corrected chi connectivity index (χ1v) is 5.51. The van der Waals surface area contributed by atoms with Gasteiger partial charge in [-0.05, 0) is 62.3 Å². The van der Waals surface area contributed by atoms with Gasteiger partial charge in [0.2, 0.25) is 0 Å². The molecule has 0 aromatic heterocycles. The third-order valence-corrected chi connectivity index (χ3v) is 3.53. The zero-order valence-electron chi connectivity index (χ0n) is 9.43. The van der Waals surface area contributed by atoms with E-state index in [-0.39, 0.29) is 0 Å². The number of allylic oxidation sites excluding steroid dienone is 5. The highest BCUT2D eigenvalue weighted by atomic mass is 15.1. The molecule has 0 spiro atoms. The van der Waals surface area contributed by atoms with Crippen molar-refractivity contribution >= 4 is 0 Å². The van der Waals surface area contributed by atoms with E-state index in [1.165, 1.54) is 37.0 Å². The largest absolute Gasteiger partial charge is 0.354 e. The summed E-state index contributed by atoms with van der Waals surface area (Å²) in [6, 6.07) is 0. The standard InChI is InChI=1S/C13H19N/c1-10-11(2)14(3)9-8-12-6-4-5-7-13(10)12/h8-9H,4-7H2,1-3H3. The highest BCUT2D eigenvalue weighted by Gasteiger charge is 2.16. The quantitative estimate of drug-likeness (QED) is 0.562. The average molecular weight is 189 g/mol. The highest BCUT2D eigenvalue weighted by molar-refractivity contribution is 5.44. The van der Waals surface area contributed by atoms with Crippen molar-refractivity contribution in [2.75, 3.05) is 7.05 Å². The van der Waals surface area contributed by atoms with Crippen LogP contribution in [-0.2, 0) is 0 Å². The van der Waals surface area contributed by atoms with E-state index in [4.69, 9.17) is 0 Å². The van der Waals surface area contributed by atoms with Crippen LogP contribution in [0.2, 0.25) is 0 Å². The molecule has 1 heteroatoms. The van der Waals surface area contributed by atoms with Crippen LogP contribution in [0.15, 0.2) is 34.7 Å². The van der Waals surface area contributed by atoms with Crippen molar-refractivity contribution in [3.8, 4) is 0 Å². The van der Waals surface area contributed by atoms with E-state index in [9.17, 15) is 0 Å². The Labute approximate surface area is 86.8 Å². The molecule has 0 unspecified atom stereocenters. The van der Waals surface area contributed by atoms with E-state index in [0.29, 0.717) is 0 Å². The molecule has 0 aromatic carbocycles. The van der Waals surface area contributed by atoms with Crippen LogP contribution in [0.3, 0.4) is 0 Å². The van der Waals surface area contributed by atoms with E-state index < -0.39 is 0 Å². The lowest BCUT2D eigenvalue weighted by Gasteiger charge is -2.20. The molecular formula is C13H19N. The second-order valence-electron chi connectivity index (χ2n) is 4.35. The lowest BCUT2D eigenvalue weighted by molar-refractivity contribution is 0.564. The van der Waals surface area contributed by atoms with Gasteiger partial charge in [-0.25, -0.2) is 0 Å². The van der Waals surface area contributed by atoms with Crippen molar-refractivity contribution in [2.45, 2.75) is 39.5 Å². The Morgan fingerprint density at radius 2 is 1.86 bits per heavy atom. The Morgan fingerprint density at radius 3 is 2.64 bits per heavy atom. The minimum atomic E-state index is 1.27. The summed E-state index contributed by atoms with van der Waals surface area (Å²) in [5, 5.41) is 0. The Morgan fingerprint density at radius 1 is 1.14 bits per heavy atom. The predicted molar refractivity (Wildman–Crippen MR) is 60.8 cm³/mol. The van der Waals surface area contributed by atoms with Gasteiger partial charge in [0.05, 0.1) is 0 Å². The maximum absolute atomic E-state index is 2.30. The third kappa shape index (κ3) is 1.52. The highest BCUT2D eigenvalue weighted by Crippen LogP contribution is 2.34. The number of hydrogen-bond donors (Lipinski definition) is 0. The summed E-state index contributed by atoms with van der Waals surface area (Å²) in [4.78, 5) is 2.23. The van der Waals surface area contributed by atoms with Crippen LogP contribution in [-0.4, -0.2) is 11.9 Å². The maximum Gasteiger partial charge on any atom is 0.0172 e. The zero-order chi connectivity index (χ0) is 10.1. The van der Waals surface area contributed by atoms with Gasteiger partial charge in [-0.3, -0.25) is 0 Å². The van der Waals surface area contributed by atoms with Crippen LogP contribution in [0, 0.1) is 0 Å². The number of hydrogen-bond acceptors (Lipinski definition) is 1. The molecule has 1 nitrogen and oxygen atoms in total. The van der Waals surface area contributed by atoms with E-state index in [1.54, 1.807) is 11.1 Å². The van der Waals surface area contributed by atoms with Crippen molar-refractivity contribution in [1.29, 1.82) is 0 Å². The van der Waals surface area contributed by atoms with Crippen LogP contribution in [0.4, 0.5) is 0 Å². The lowest BCUT2D eigenvalue weighted by Crippen LogP contribution is -2.08. The molecule has 2 aliphatic rings. The van der Waals surface area contributed by atoms with Crippen LogP contribution >= 0.6 is 0 Å². The Kier molecular flexibility index (Phi) is 2.49. The summed E-state index contributed by atoms with van der Waals surface area (Å²) in [5.41, 5.74) is 6.06. The van der Waals surface area contributed by atoms with Gasteiger partial charge in [0.15, 0.2) is 0 Å². The summed E-state index contributed by atoms with van der Waals surface area (Å²) < 4.78 is 0. The van der Waals surface area contributed by atoms with Crippen molar-refractivity contribution in [1.82, 2.24) is 4.90 Å². The van der Waals surface area contributed by atoms with E-state index in [2.05, 4.69) is 38.1 Å². The lowest BCUT2D eigenvalue weighted by atomic mass is 9.87. The van der Waals surface area contributed by atoms with Crippen molar-refractivity contribution in [3.63, 3.8) is 0 Å². The molecule has 0 amide bonds. The van der Waals surface area contributed by atoms with E-state index in [1.807, 2.05) is 0 Å². The molecule has 0 aromatic rings. The fourth-order valence-electron chi connectivity index (χ4n) is 2.34. The van der Waals surface area contributed by atoms with Crippen molar-refractivity contribution < 1.29 is 0 Å². The molecule has 0 saturated carbocycles. The topological polar surface area (TPSA) is 3.24 Å². The molecule has 76 valence electrons. The Bertz CT molecular complexity index is 331. The van der Waals surface area contributed by atoms with Gasteiger partial charge in [-0.15, -0.1) is 0 Å². The molecule has 0 atom stereocenters. The minimum Gasteiger partial charge on any atom is -0.354 e. The van der Waals surface area contributed by atoms with E-state index in [0.717, 1.165) is 0 Å². The van der Waals surface area contributed by atoms with Crippen LogP contribution in [0.25, 0.3) is 0 Å². The van der Waals surface area contributed by atoms with Gasteiger partial charge in [-0.2, -0.15) is 0 Å². The average Bonchev–Trinajstić information content (AvgIpc) is 2.32. The van der Waals surface area contributed by atoms with Crippen LogP contribution in [0.1, 0.15) is 39.5 Å². The summed E-state index contributed by atoms with van der Waals surface area (Å²) in [5.74, 6) is 0. The molecule has 0 saturated heterocycles. The smallest absolute Gasteiger partial charge is 0.0172 e. The number of rotatable bonds is 0. The van der Waals surface area contributed by atoms with E-state index >= 15 is 0 Å². The SMILES string of the molecule is CC1=C(C)N(C)C=CC2=C1CCCC2. The second-order valence-corrected chi connectivity index (χ2v) is 4.35. The molecule has 0 bridgehead atoms. The third-order valence-electron chi connectivity index (χ3n) is 3.53. The van der Waals surface area contributed by atoms with Crippen molar-refractivity contribution in [3.05, 3.63) is 34.7 Å². The molecule has 2 rings (SSSR count). The first-order chi connectivity index (χ1) is 6.70. The Balaban J connectivity index is 2.47. The fourth-order valence-corrected chi connectivity index (χ4v) is 2.34.